The largest absolute Gasteiger partial charge is 0.375 e. The molecule has 1 saturated heterocycles. The SMILES string of the molecule is NCc1cc(S(=O)(=O)N2CCOC3CCCC32)cs1. The maximum absolute atomic E-state index is 12.7. The molecule has 1 aromatic heterocycles. The normalized spacial score (nSPS) is 28.5. The van der Waals surface area contributed by atoms with Crippen LogP contribution in [-0.4, -0.2) is 38.0 Å². The van der Waals surface area contributed by atoms with Gasteiger partial charge in [-0.25, -0.2) is 8.42 Å². The zero-order valence-corrected chi connectivity index (χ0v) is 12.3. The van der Waals surface area contributed by atoms with Gasteiger partial charge in [0.1, 0.15) is 0 Å². The lowest BCUT2D eigenvalue weighted by Crippen LogP contribution is -2.50. The molecular formula is C12H18N2O3S2. The van der Waals surface area contributed by atoms with Gasteiger partial charge in [-0.2, -0.15) is 4.31 Å². The summed E-state index contributed by atoms with van der Waals surface area (Å²) in [7, 11) is -3.40. The monoisotopic (exact) mass is 302 g/mol. The standard InChI is InChI=1S/C12H18N2O3S2/c13-7-9-6-10(8-18-9)19(15,16)14-4-5-17-12-3-1-2-11(12)14/h6,8,11-12H,1-5,7,13H2. The summed E-state index contributed by atoms with van der Waals surface area (Å²) in [6.45, 7) is 1.33. The van der Waals surface area contributed by atoms with Crippen molar-refractivity contribution in [2.24, 2.45) is 5.73 Å². The van der Waals surface area contributed by atoms with Crippen LogP contribution in [0.15, 0.2) is 16.3 Å². The molecular weight excluding hydrogens is 284 g/mol. The van der Waals surface area contributed by atoms with Crippen molar-refractivity contribution in [3.05, 3.63) is 16.3 Å². The van der Waals surface area contributed by atoms with E-state index in [4.69, 9.17) is 10.5 Å². The number of rotatable bonds is 3. The Balaban J connectivity index is 1.90. The van der Waals surface area contributed by atoms with E-state index < -0.39 is 10.0 Å². The summed E-state index contributed by atoms with van der Waals surface area (Å²) in [6.07, 6.45) is 2.99. The summed E-state index contributed by atoms with van der Waals surface area (Å²) >= 11 is 1.40. The number of thiophene rings is 1. The molecule has 0 aromatic carbocycles. The topological polar surface area (TPSA) is 72.6 Å². The van der Waals surface area contributed by atoms with Crippen LogP contribution in [0, 0.1) is 0 Å². The number of nitrogens with zero attached hydrogens (tertiary/aromatic N) is 1. The van der Waals surface area contributed by atoms with Crippen molar-refractivity contribution in [2.45, 2.75) is 42.8 Å². The van der Waals surface area contributed by atoms with Gasteiger partial charge in [-0.3, -0.25) is 0 Å². The molecule has 19 heavy (non-hydrogen) atoms. The zero-order valence-electron chi connectivity index (χ0n) is 10.6. The summed E-state index contributed by atoms with van der Waals surface area (Å²) in [5, 5.41) is 1.69. The van der Waals surface area contributed by atoms with E-state index in [1.54, 1.807) is 15.8 Å². The minimum Gasteiger partial charge on any atom is -0.375 e. The van der Waals surface area contributed by atoms with E-state index >= 15 is 0 Å². The van der Waals surface area contributed by atoms with Gasteiger partial charge in [0, 0.05) is 23.3 Å². The zero-order chi connectivity index (χ0) is 13.5. The number of fused-ring (bicyclic) bond motifs is 1. The first-order chi connectivity index (χ1) is 9.13. The number of sulfonamides is 1. The lowest BCUT2D eigenvalue weighted by Gasteiger charge is -2.36. The van der Waals surface area contributed by atoms with Gasteiger partial charge in [0.05, 0.1) is 23.6 Å². The van der Waals surface area contributed by atoms with E-state index in [-0.39, 0.29) is 12.1 Å². The van der Waals surface area contributed by atoms with Crippen LogP contribution in [0.5, 0.6) is 0 Å². The molecule has 7 heteroatoms. The molecule has 0 amide bonds. The van der Waals surface area contributed by atoms with E-state index in [1.165, 1.54) is 11.3 Å². The number of ether oxygens (including phenoxy) is 1. The highest BCUT2D eigenvalue weighted by Crippen LogP contribution is 2.34. The van der Waals surface area contributed by atoms with Gasteiger partial charge in [-0.15, -0.1) is 11.3 Å². The van der Waals surface area contributed by atoms with E-state index in [1.807, 2.05) is 0 Å². The maximum atomic E-state index is 12.7. The molecule has 2 unspecified atom stereocenters. The third-order valence-electron chi connectivity index (χ3n) is 3.87. The summed E-state index contributed by atoms with van der Waals surface area (Å²) in [5.41, 5.74) is 5.55. The van der Waals surface area contributed by atoms with Crippen LogP contribution < -0.4 is 5.73 Å². The van der Waals surface area contributed by atoms with Crippen LogP contribution in [0.4, 0.5) is 0 Å². The quantitative estimate of drug-likeness (QED) is 0.909. The summed E-state index contributed by atoms with van der Waals surface area (Å²) in [5.74, 6) is 0. The van der Waals surface area contributed by atoms with Gasteiger partial charge in [-0.1, -0.05) is 0 Å². The minimum atomic E-state index is -3.40. The molecule has 3 rings (SSSR count). The molecule has 1 aliphatic carbocycles. The van der Waals surface area contributed by atoms with Crippen molar-refractivity contribution < 1.29 is 13.2 Å². The van der Waals surface area contributed by atoms with Crippen LogP contribution in [0.3, 0.4) is 0 Å². The molecule has 0 spiro atoms. The second kappa shape index (κ2) is 5.14. The van der Waals surface area contributed by atoms with Crippen molar-refractivity contribution in [3.63, 3.8) is 0 Å². The Labute approximate surface area is 117 Å². The van der Waals surface area contributed by atoms with Crippen LogP contribution in [0.25, 0.3) is 0 Å². The molecule has 0 bridgehead atoms. The number of hydrogen-bond donors (Lipinski definition) is 1. The maximum Gasteiger partial charge on any atom is 0.244 e. The first-order valence-electron chi connectivity index (χ1n) is 6.54. The molecule has 2 fully saturated rings. The molecule has 2 aliphatic rings. The molecule has 2 atom stereocenters. The third kappa shape index (κ3) is 2.34. The smallest absolute Gasteiger partial charge is 0.244 e. The van der Waals surface area contributed by atoms with E-state index in [9.17, 15) is 8.42 Å². The van der Waals surface area contributed by atoms with Gasteiger partial charge in [-0.05, 0) is 25.3 Å². The Morgan fingerprint density at radius 3 is 3.05 bits per heavy atom. The average molecular weight is 302 g/mol. The molecule has 1 aromatic rings. The summed E-state index contributed by atoms with van der Waals surface area (Å²) in [6, 6.07) is 1.71. The fraction of sp³-hybridized carbons (Fsp3) is 0.667. The minimum absolute atomic E-state index is 0.0139. The molecule has 5 nitrogen and oxygen atoms in total. The first kappa shape index (κ1) is 13.5. The van der Waals surface area contributed by atoms with Gasteiger partial charge in [0.2, 0.25) is 10.0 Å². The second-order valence-electron chi connectivity index (χ2n) is 4.98. The van der Waals surface area contributed by atoms with Crippen molar-refractivity contribution in [2.75, 3.05) is 13.2 Å². The van der Waals surface area contributed by atoms with Gasteiger partial charge < -0.3 is 10.5 Å². The highest BCUT2D eigenvalue weighted by Gasteiger charge is 2.42. The fourth-order valence-corrected chi connectivity index (χ4v) is 5.73. The van der Waals surface area contributed by atoms with E-state index in [0.717, 1.165) is 24.1 Å². The van der Waals surface area contributed by atoms with Crippen LogP contribution in [-0.2, 0) is 21.3 Å². The lowest BCUT2D eigenvalue weighted by molar-refractivity contribution is -0.0241. The number of nitrogens with two attached hydrogens (primary N) is 1. The Bertz CT molecular complexity index is 555. The Morgan fingerprint density at radius 2 is 2.32 bits per heavy atom. The molecule has 1 aliphatic heterocycles. The van der Waals surface area contributed by atoms with Gasteiger partial charge in [0.25, 0.3) is 0 Å². The van der Waals surface area contributed by atoms with Crippen molar-refractivity contribution >= 4 is 21.4 Å². The average Bonchev–Trinajstić information content (AvgIpc) is 3.06. The van der Waals surface area contributed by atoms with E-state index in [0.29, 0.717) is 24.6 Å². The predicted octanol–water partition coefficient (Wildman–Crippen LogP) is 1.15. The third-order valence-corrected chi connectivity index (χ3v) is 6.88. The molecule has 2 heterocycles. The lowest BCUT2D eigenvalue weighted by atomic mass is 10.2. The number of morpholine rings is 1. The Kier molecular flexibility index (Phi) is 3.65. The van der Waals surface area contributed by atoms with Crippen LogP contribution in [0.2, 0.25) is 0 Å². The van der Waals surface area contributed by atoms with Crippen LogP contribution >= 0.6 is 11.3 Å². The summed E-state index contributed by atoms with van der Waals surface area (Å²) in [4.78, 5) is 1.28. The van der Waals surface area contributed by atoms with Crippen molar-refractivity contribution in [3.8, 4) is 0 Å². The van der Waals surface area contributed by atoms with Gasteiger partial charge >= 0.3 is 0 Å². The van der Waals surface area contributed by atoms with E-state index in [2.05, 4.69) is 0 Å². The predicted molar refractivity (Wildman–Crippen MR) is 73.5 cm³/mol. The first-order valence-corrected chi connectivity index (χ1v) is 8.86. The highest BCUT2D eigenvalue weighted by molar-refractivity contribution is 7.89. The Hall–Kier alpha value is -0.470. The van der Waals surface area contributed by atoms with Gasteiger partial charge in [0.15, 0.2) is 0 Å². The molecule has 1 saturated carbocycles. The highest BCUT2D eigenvalue weighted by atomic mass is 32.2. The van der Waals surface area contributed by atoms with Crippen molar-refractivity contribution in [1.82, 2.24) is 4.31 Å². The Morgan fingerprint density at radius 1 is 1.47 bits per heavy atom. The fourth-order valence-electron chi connectivity index (χ4n) is 2.93. The number of hydrogen-bond acceptors (Lipinski definition) is 5. The summed E-state index contributed by atoms with van der Waals surface area (Å²) < 4.78 is 32.7. The van der Waals surface area contributed by atoms with Crippen LogP contribution in [0.1, 0.15) is 24.1 Å². The molecule has 2 N–H and O–H groups in total. The molecule has 0 radical (unpaired) electrons. The molecule has 106 valence electrons. The van der Waals surface area contributed by atoms with Crippen molar-refractivity contribution in [1.29, 1.82) is 0 Å². The second-order valence-corrected chi connectivity index (χ2v) is 7.86.